The second kappa shape index (κ2) is 7.38. The fourth-order valence-electron chi connectivity index (χ4n) is 1.45. The molecular weight excluding hydrogens is 267 g/mol. The molecule has 0 amide bonds. The van der Waals surface area contributed by atoms with Crippen LogP contribution >= 0.6 is 12.6 Å². The van der Waals surface area contributed by atoms with Crippen LogP contribution in [0.4, 0.5) is 0 Å². The molecule has 0 radical (unpaired) electrons. The van der Waals surface area contributed by atoms with E-state index >= 15 is 0 Å². The van der Waals surface area contributed by atoms with Gasteiger partial charge in [0, 0.05) is 32.7 Å². The summed E-state index contributed by atoms with van der Waals surface area (Å²) in [5.41, 5.74) is -1.13. The summed E-state index contributed by atoms with van der Waals surface area (Å²) in [5.74, 6) is 0. The maximum atomic E-state index is 10.8. The summed E-state index contributed by atoms with van der Waals surface area (Å²) in [6.45, 7) is 0. The topological polar surface area (TPSA) is 85.3 Å². The predicted molar refractivity (Wildman–Crippen MR) is 60.6 cm³/mol. The Morgan fingerprint density at radius 3 is 1.00 bits per heavy atom. The molecule has 0 aromatic heterocycles. The van der Waals surface area contributed by atoms with Crippen molar-refractivity contribution in [3.8, 4) is 0 Å². The molecular formula is C11H6NaO5S+. The monoisotopic (exact) mass is 273 g/mol. The number of hydrogen-bond acceptors (Lipinski definition) is 6. The third-order valence-corrected chi connectivity index (χ3v) is 2.74. The molecule has 0 atom stereocenters. The van der Waals surface area contributed by atoms with Crippen LogP contribution in [0.1, 0.15) is 51.8 Å². The van der Waals surface area contributed by atoms with Crippen molar-refractivity contribution in [2.75, 3.05) is 0 Å². The zero-order chi connectivity index (χ0) is 13.0. The van der Waals surface area contributed by atoms with Gasteiger partial charge >= 0.3 is 29.6 Å². The predicted octanol–water partition coefficient (Wildman–Crippen LogP) is -1.96. The SMILES string of the molecule is O=Cc1c(S)c(C=O)c(C=O)c(C=O)c1C=O.[Na+]. The first-order valence-electron chi connectivity index (χ1n) is 4.35. The average Bonchev–Trinajstić information content (AvgIpc) is 2.36. The molecule has 18 heavy (non-hydrogen) atoms. The van der Waals surface area contributed by atoms with Gasteiger partial charge in [0.15, 0.2) is 31.4 Å². The number of thiol groups is 1. The summed E-state index contributed by atoms with van der Waals surface area (Å²) in [6.07, 6.45) is 1.41. The van der Waals surface area contributed by atoms with Crippen LogP contribution in [-0.2, 0) is 0 Å². The summed E-state index contributed by atoms with van der Waals surface area (Å²) >= 11 is 3.91. The Hall–Kier alpha value is -1.08. The van der Waals surface area contributed by atoms with E-state index in [2.05, 4.69) is 12.6 Å². The third-order valence-electron chi connectivity index (χ3n) is 2.26. The molecule has 86 valence electrons. The zero-order valence-electron chi connectivity index (χ0n) is 9.38. The molecule has 0 saturated heterocycles. The molecule has 1 rings (SSSR count). The Labute approximate surface area is 130 Å². The van der Waals surface area contributed by atoms with Crippen LogP contribution in [0, 0.1) is 0 Å². The van der Waals surface area contributed by atoms with Crippen LogP contribution in [0.25, 0.3) is 0 Å². The van der Waals surface area contributed by atoms with Gasteiger partial charge in [-0.15, -0.1) is 12.6 Å². The van der Waals surface area contributed by atoms with Crippen LogP contribution in [-0.4, -0.2) is 31.4 Å². The summed E-state index contributed by atoms with van der Waals surface area (Å²) in [6, 6.07) is 0. The molecule has 0 aliphatic heterocycles. The average molecular weight is 273 g/mol. The molecule has 0 N–H and O–H groups in total. The molecule has 0 unspecified atom stereocenters. The van der Waals surface area contributed by atoms with Crippen molar-refractivity contribution < 1.29 is 53.5 Å². The summed E-state index contributed by atoms with van der Waals surface area (Å²) < 4.78 is 0. The summed E-state index contributed by atoms with van der Waals surface area (Å²) in [5, 5.41) is 0. The van der Waals surface area contributed by atoms with Crippen LogP contribution in [0.2, 0.25) is 0 Å². The van der Waals surface area contributed by atoms with Crippen molar-refractivity contribution in [1.29, 1.82) is 0 Å². The number of carbonyl (C=O) groups is 5. The van der Waals surface area contributed by atoms with Gasteiger partial charge in [-0.2, -0.15) is 0 Å². The Balaban J connectivity index is 0.00000289. The summed E-state index contributed by atoms with van der Waals surface area (Å²) in [7, 11) is 0. The fourth-order valence-corrected chi connectivity index (χ4v) is 1.80. The van der Waals surface area contributed by atoms with Gasteiger partial charge < -0.3 is 0 Å². The quantitative estimate of drug-likeness (QED) is 0.382. The smallest absolute Gasteiger partial charge is 0.298 e. The van der Waals surface area contributed by atoms with Gasteiger partial charge in [-0.25, -0.2) is 0 Å². The molecule has 0 spiro atoms. The van der Waals surface area contributed by atoms with E-state index in [1.54, 1.807) is 0 Å². The van der Waals surface area contributed by atoms with Crippen molar-refractivity contribution in [2.24, 2.45) is 0 Å². The molecule has 5 nitrogen and oxygen atoms in total. The number of aldehydes is 5. The minimum Gasteiger partial charge on any atom is -0.298 e. The van der Waals surface area contributed by atoms with Crippen LogP contribution in [0.15, 0.2) is 4.90 Å². The third kappa shape index (κ3) is 2.67. The van der Waals surface area contributed by atoms with E-state index in [-0.39, 0.29) is 81.1 Å². The zero-order valence-corrected chi connectivity index (χ0v) is 12.3. The van der Waals surface area contributed by atoms with Crippen LogP contribution < -0.4 is 29.6 Å². The first kappa shape index (κ1) is 16.9. The van der Waals surface area contributed by atoms with Crippen molar-refractivity contribution in [3.05, 3.63) is 27.8 Å². The Bertz CT molecular complexity index is 498. The van der Waals surface area contributed by atoms with Gasteiger partial charge in [0.1, 0.15) is 0 Å². The van der Waals surface area contributed by atoms with Crippen LogP contribution in [0.3, 0.4) is 0 Å². The van der Waals surface area contributed by atoms with Crippen molar-refractivity contribution in [2.45, 2.75) is 4.90 Å². The van der Waals surface area contributed by atoms with Crippen LogP contribution in [0.5, 0.6) is 0 Å². The first-order chi connectivity index (χ1) is 8.15. The second-order valence-corrected chi connectivity index (χ2v) is 3.45. The minimum atomic E-state index is -0.281. The Morgan fingerprint density at radius 1 is 0.556 bits per heavy atom. The van der Waals surface area contributed by atoms with Gasteiger partial charge in [0.2, 0.25) is 0 Å². The van der Waals surface area contributed by atoms with E-state index in [1.807, 2.05) is 0 Å². The van der Waals surface area contributed by atoms with E-state index in [0.717, 1.165) is 0 Å². The van der Waals surface area contributed by atoms with Crippen molar-refractivity contribution in [3.63, 3.8) is 0 Å². The van der Waals surface area contributed by atoms with Gasteiger partial charge in [-0.3, -0.25) is 24.0 Å². The number of carbonyl (C=O) groups excluding carboxylic acids is 5. The minimum absolute atomic E-state index is 0. The van der Waals surface area contributed by atoms with E-state index in [4.69, 9.17) is 0 Å². The molecule has 1 aromatic carbocycles. The van der Waals surface area contributed by atoms with Gasteiger partial charge in [-0.1, -0.05) is 0 Å². The van der Waals surface area contributed by atoms with E-state index in [1.165, 1.54) is 0 Å². The van der Waals surface area contributed by atoms with Gasteiger partial charge in [0.05, 0.1) is 0 Å². The van der Waals surface area contributed by atoms with E-state index in [0.29, 0.717) is 12.6 Å². The molecule has 0 fully saturated rings. The molecule has 7 heteroatoms. The second-order valence-electron chi connectivity index (χ2n) is 3.01. The van der Waals surface area contributed by atoms with Gasteiger partial charge in [0.25, 0.3) is 0 Å². The maximum Gasteiger partial charge on any atom is 1.00 e. The molecule has 0 saturated carbocycles. The molecule has 1 aromatic rings. The molecule has 0 heterocycles. The molecule has 0 aliphatic carbocycles. The van der Waals surface area contributed by atoms with Crippen molar-refractivity contribution >= 4 is 44.1 Å². The summed E-state index contributed by atoms with van der Waals surface area (Å²) in [4.78, 5) is 54.0. The normalized spacial score (nSPS) is 8.94. The van der Waals surface area contributed by atoms with E-state index in [9.17, 15) is 24.0 Å². The Morgan fingerprint density at radius 2 is 0.778 bits per heavy atom. The fraction of sp³-hybridized carbons (Fsp3) is 0. The standard InChI is InChI=1S/C11H6O5S.Na/c12-1-6-7(2-13)9(4-15)11(17)10(5-16)8(6)3-14;/h1-5,17H;/q;+1. The van der Waals surface area contributed by atoms with Crippen molar-refractivity contribution in [1.82, 2.24) is 0 Å². The maximum absolute atomic E-state index is 10.8. The number of benzene rings is 1. The van der Waals surface area contributed by atoms with E-state index < -0.39 is 0 Å². The molecule has 0 aliphatic rings. The largest absolute Gasteiger partial charge is 1.00 e. The Kier molecular flexibility index (Phi) is 6.93. The first-order valence-corrected chi connectivity index (χ1v) is 4.79. The van der Waals surface area contributed by atoms with Gasteiger partial charge in [-0.05, 0) is 0 Å². The number of hydrogen-bond donors (Lipinski definition) is 1. The molecule has 0 bridgehead atoms. The number of rotatable bonds is 5.